The number of nitrogens with two attached hydrogens (primary N) is 2. The molecule has 3 heterocycles. The molecule has 1 aromatic rings. The molecule has 34 heavy (non-hydrogen) atoms. The minimum atomic E-state index is -4.86. The van der Waals surface area contributed by atoms with E-state index in [4.69, 9.17) is 16.5 Å². The first-order chi connectivity index (χ1) is 16.0. The summed E-state index contributed by atoms with van der Waals surface area (Å²) >= 11 is 0. The highest BCUT2D eigenvalue weighted by molar-refractivity contribution is 6.10. The number of likely N-dealkylation sites (N-methyl/N-ethyl adjacent to an activating group) is 1. The maximum atomic E-state index is 12.7. The van der Waals surface area contributed by atoms with Crippen molar-refractivity contribution in [1.29, 1.82) is 0 Å². The Morgan fingerprint density at radius 1 is 1.26 bits per heavy atom. The van der Waals surface area contributed by atoms with Crippen LogP contribution in [0.1, 0.15) is 32.3 Å². The maximum absolute atomic E-state index is 12.7. The minimum Gasteiger partial charge on any atom is -0.402 e. The number of halogens is 3. The van der Waals surface area contributed by atoms with Crippen LogP contribution in [0, 0.1) is 23.2 Å². The van der Waals surface area contributed by atoms with E-state index in [-0.39, 0.29) is 17.3 Å². The lowest BCUT2D eigenvalue weighted by molar-refractivity contribution is -0.274. The number of alkyl halides is 3. The zero-order valence-corrected chi connectivity index (χ0v) is 19.6. The number of nitrogen functional groups attached to an aromatic ring is 1. The molecule has 6 fully saturated rings. The number of aliphatic imine (C=N–C) groups is 1. The number of pyridine rings is 1. The van der Waals surface area contributed by atoms with Gasteiger partial charge in [-0.2, -0.15) is 0 Å². The van der Waals surface area contributed by atoms with Gasteiger partial charge in [0.15, 0.2) is 11.6 Å². The Morgan fingerprint density at radius 2 is 2.03 bits per heavy atom. The predicted octanol–water partition coefficient (Wildman–Crippen LogP) is 2.73. The lowest BCUT2D eigenvalue weighted by Crippen LogP contribution is -2.49. The number of allylic oxidation sites excluding steroid dienone is 1. The second-order valence-corrected chi connectivity index (χ2v) is 10.9. The fraction of sp³-hybridized carbons (Fsp3) is 0.667. The first kappa shape index (κ1) is 22.2. The monoisotopic (exact) mass is 476 g/mol. The van der Waals surface area contributed by atoms with Gasteiger partial charge in [-0.05, 0) is 63.6 Å². The molecule has 0 aromatic carbocycles. The van der Waals surface area contributed by atoms with Crippen LogP contribution in [0.2, 0.25) is 0 Å². The number of aromatic nitrogens is 1. The first-order valence-electron chi connectivity index (χ1n) is 12.0. The van der Waals surface area contributed by atoms with Crippen molar-refractivity contribution in [3.05, 3.63) is 23.9 Å². The summed E-state index contributed by atoms with van der Waals surface area (Å²) in [6.45, 7) is 6.39. The number of ether oxygens (including phenoxy) is 1. The molecule has 4 bridgehead atoms. The molecule has 4 N–H and O–H groups in total. The Labute approximate surface area is 197 Å². The number of nitrogens with zero attached hydrogens (tertiary/aromatic N) is 4. The van der Waals surface area contributed by atoms with E-state index in [1.54, 1.807) is 0 Å². The predicted molar refractivity (Wildman–Crippen MR) is 123 cm³/mol. The highest BCUT2D eigenvalue weighted by atomic mass is 19.4. The van der Waals surface area contributed by atoms with Crippen molar-refractivity contribution in [3.63, 3.8) is 0 Å². The van der Waals surface area contributed by atoms with Crippen LogP contribution >= 0.6 is 0 Å². The molecule has 0 radical (unpaired) electrons. The van der Waals surface area contributed by atoms with Gasteiger partial charge in [-0.3, -0.25) is 9.89 Å². The number of rotatable bonds is 6. The van der Waals surface area contributed by atoms with Crippen LogP contribution in [0.4, 0.5) is 19.0 Å². The van der Waals surface area contributed by atoms with Gasteiger partial charge in [0.2, 0.25) is 0 Å². The van der Waals surface area contributed by atoms with Gasteiger partial charge in [0.05, 0.1) is 0 Å². The van der Waals surface area contributed by atoms with Crippen molar-refractivity contribution < 1.29 is 17.9 Å². The van der Waals surface area contributed by atoms with Gasteiger partial charge < -0.3 is 21.1 Å². The Bertz CT molecular complexity index is 1080. The third-order valence-corrected chi connectivity index (χ3v) is 8.79. The normalized spacial score (nSPS) is 39.1. The highest BCUT2D eigenvalue weighted by Crippen LogP contribution is 2.92. The summed E-state index contributed by atoms with van der Waals surface area (Å²) < 4.78 is 42.2. The summed E-state index contributed by atoms with van der Waals surface area (Å²) in [6.07, 6.45) is 0.850. The Balaban J connectivity index is 1.25. The third-order valence-electron chi connectivity index (χ3n) is 8.79. The molecule has 4 saturated carbocycles. The molecule has 2 saturated heterocycles. The van der Waals surface area contributed by atoms with Crippen molar-refractivity contribution in [1.82, 2.24) is 14.8 Å². The average molecular weight is 477 g/mol. The first-order valence-corrected chi connectivity index (χ1v) is 12.0. The number of piperazine rings is 1. The standard InChI is InChI=1S/C24H31F3N6O/c1-11(2)31-19(7-16(28)12-4-18(22(29)30-8-12)34-24(25,26)27)23-15-6-17(21(23)20(15)23)33-10-13-5-14(33)9-32(13)3/h4,7-8,11,13-15,17,20-21H,5-6,9-10,28H2,1-3H3,(H2,29,30). The van der Waals surface area contributed by atoms with Gasteiger partial charge >= 0.3 is 6.36 Å². The van der Waals surface area contributed by atoms with Crippen LogP contribution < -0.4 is 16.2 Å². The summed E-state index contributed by atoms with van der Waals surface area (Å²) in [5.74, 6) is 1.02. The SMILES string of the molecule is CC(C)N=C(C=C(N)c1cnc(N)c(OC(F)(F)F)c1)C12C3CC(N4CC5CC4CN5C)C1C32. The van der Waals surface area contributed by atoms with Crippen LogP contribution in [0.25, 0.3) is 5.70 Å². The van der Waals surface area contributed by atoms with E-state index in [1.165, 1.54) is 25.1 Å². The molecule has 7 atom stereocenters. The molecular weight excluding hydrogens is 445 g/mol. The molecular formula is C24H31F3N6O. The van der Waals surface area contributed by atoms with E-state index < -0.39 is 12.1 Å². The zero-order chi connectivity index (χ0) is 24.2. The molecule has 4 aliphatic carbocycles. The molecule has 184 valence electrons. The van der Waals surface area contributed by atoms with Crippen molar-refractivity contribution in [2.45, 2.75) is 57.2 Å². The lowest BCUT2D eigenvalue weighted by Gasteiger charge is -2.36. The van der Waals surface area contributed by atoms with Gasteiger partial charge in [0, 0.05) is 65.8 Å². The molecule has 6 aliphatic rings. The largest absolute Gasteiger partial charge is 0.573 e. The number of anilines is 1. The van der Waals surface area contributed by atoms with E-state index in [1.807, 2.05) is 19.9 Å². The van der Waals surface area contributed by atoms with Gasteiger partial charge in [-0.15, -0.1) is 13.2 Å². The Hall–Kier alpha value is -2.33. The number of hydrogen-bond donors (Lipinski definition) is 2. The van der Waals surface area contributed by atoms with E-state index in [9.17, 15) is 13.2 Å². The number of fused-ring (bicyclic) bond motifs is 3. The van der Waals surface area contributed by atoms with Crippen molar-refractivity contribution in [2.75, 3.05) is 25.9 Å². The molecule has 7 nitrogen and oxygen atoms in total. The van der Waals surface area contributed by atoms with Crippen LogP contribution in [-0.2, 0) is 0 Å². The summed E-state index contributed by atoms with van der Waals surface area (Å²) in [5.41, 5.74) is 13.7. The second-order valence-electron chi connectivity index (χ2n) is 10.9. The summed E-state index contributed by atoms with van der Waals surface area (Å²) in [5, 5.41) is 0. The van der Waals surface area contributed by atoms with Gasteiger partial charge in [-0.25, -0.2) is 4.98 Å². The fourth-order valence-electron chi connectivity index (χ4n) is 7.44. The second kappa shape index (κ2) is 7.10. The van der Waals surface area contributed by atoms with E-state index in [0.717, 1.165) is 18.8 Å². The van der Waals surface area contributed by atoms with E-state index in [2.05, 4.69) is 26.6 Å². The molecule has 0 amide bonds. The van der Waals surface area contributed by atoms with Crippen LogP contribution in [-0.4, -0.2) is 71.2 Å². The third kappa shape index (κ3) is 3.17. The smallest absolute Gasteiger partial charge is 0.402 e. The number of likely N-dealkylation sites (tertiary alicyclic amines) is 2. The van der Waals surface area contributed by atoms with Gasteiger partial charge in [-0.1, -0.05) is 0 Å². The molecule has 7 rings (SSSR count). The minimum absolute atomic E-state index is 0.0832. The van der Waals surface area contributed by atoms with E-state index >= 15 is 0 Å². The maximum Gasteiger partial charge on any atom is 0.573 e. The molecule has 1 aromatic heterocycles. The summed E-state index contributed by atoms with van der Waals surface area (Å²) in [6, 6.07) is 3.24. The Kier molecular flexibility index (Phi) is 4.63. The zero-order valence-electron chi connectivity index (χ0n) is 19.6. The molecule has 2 aliphatic heterocycles. The molecule has 7 unspecified atom stereocenters. The van der Waals surface area contributed by atoms with Gasteiger partial charge in [0.25, 0.3) is 0 Å². The molecule has 10 heteroatoms. The Morgan fingerprint density at radius 3 is 2.62 bits per heavy atom. The summed E-state index contributed by atoms with van der Waals surface area (Å²) in [7, 11) is 2.22. The topological polar surface area (TPSA) is 93.0 Å². The van der Waals surface area contributed by atoms with Crippen LogP contribution in [0.15, 0.2) is 23.3 Å². The highest BCUT2D eigenvalue weighted by Gasteiger charge is 2.93. The van der Waals surface area contributed by atoms with Crippen molar-refractivity contribution in [3.8, 4) is 5.75 Å². The lowest BCUT2D eigenvalue weighted by atomic mass is 9.97. The number of hydrogen-bond acceptors (Lipinski definition) is 7. The van der Waals surface area contributed by atoms with Gasteiger partial charge in [0.1, 0.15) is 0 Å². The van der Waals surface area contributed by atoms with Crippen molar-refractivity contribution in [2.24, 2.45) is 33.9 Å². The van der Waals surface area contributed by atoms with E-state index in [0.29, 0.717) is 47.1 Å². The quantitative estimate of drug-likeness (QED) is 0.614. The van der Waals surface area contributed by atoms with Crippen LogP contribution in [0.5, 0.6) is 5.75 Å². The molecule has 0 spiro atoms. The van der Waals surface area contributed by atoms with Crippen molar-refractivity contribution >= 4 is 17.2 Å². The average Bonchev–Trinajstić information content (AvgIpc) is 3.20. The summed E-state index contributed by atoms with van der Waals surface area (Å²) in [4.78, 5) is 14.0. The van der Waals surface area contributed by atoms with Crippen LogP contribution in [0.3, 0.4) is 0 Å². The fourth-order valence-corrected chi connectivity index (χ4v) is 7.44.